The maximum absolute atomic E-state index is 12.7. The highest BCUT2D eigenvalue weighted by molar-refractivity contribution is 7.88. The molecule has 0 aromatic carbocycles. The maximum Gasteiger partial charge on any atom is 0.416 e. The number of halogens is 3. The summed E-state index contributed by atoms with van der Waals surface area (Å²) in [6.45, 7) is 0.939. The quantitative estimate of drug-likeness (QED) is 0.869. The molecule has 1 aliphatic heterocycles. The zero-order valence-corrected chi connectivity index (χ0v) is 12.1. The number of hydrogen-bond acceptors (Lipinski definition) is 5. The molecule has 0 radical (unpaired) electrons. The van der Waals surface area contributed by atoms with Gasteiger partial charge in [0.2, 0.25) is 10.0 Å². The van der Waals surface area contributed by atoms with E-state index in [0.29, 0.717) is 0 Å². The van der Waals surface area contributed by atoms with Gasteiger partial charge in [-0.05, 0) is 12.1 Å². The van der Waals surface area contributed by atoms with Crippen LogP contribution in [0.25, 0.3) is 0 Å². The normalized spacial score (nSPS) is 18.0. The topological polar surface area (TPSA) is 79.5 Å². The van der Waals surface area contributed by atoms with Crippen LogP contribution in [-0.2, 0) is 16.2 Å². The SMILES string of the molecule is CS(=O)(=O)N1CCN(c2cc(C(F)(F)F)cc(N)n2)CC1. The number of nitrogen functional groups attached to an aromatic ring is 1. The third-order valence-corrected chi connectivity index (χ3v) is 4.49. The first-order valence-corrected chi connectivity index (χ1v) is 7.97. The molecule has 0 bridgehead atoms. The summed E-state index contributed by atoms with van der Waals surface area (Å²) in [7, 11) is -3.29. The number of sulfonamides is 1. The second-order valence-electron chi connectivity index (χ2n) is 4.79. The minimum absolute atomic E-state index is 0.107. The predicted molar refractivity (Wildman–Crippen MR) is 72.3 cm³/mol. The molecule has 118 valence electrons. The van der Waals surface area contributed by atoms with Gasteiger partial charge in [0.25, 0.3) is 0 Å². The predicted octanol–water partition coefficient (Wildman–Crippen LogP) is 0.764. The van der Waals surface area contributed by atoms with Gasteiger partial charge in [-0.15, -0.1) is 0 Å². The van der Waals surface area contributed by atoms with Crippen LogP contribution in [0.1, 0.15) is 5.56 Å². The Kier molecular flexibility index (Phi) is 4.02. The fourth-order valence-corrected chi connectivity index (χ4v) is 2.94. The van der Waals surface area contributed by atoms with Crippen molar-refractivity contribution in [3.63, 3.8) is 0 Å². The summed E-state index contributed by atoms with van der Waals surface area (Å²) >= 11 is 0. The van der Waals surface area contributed by atoms with Crippen LogP contribution in [0, 0.1) is 0 Å². The summed E-state index contributed by atoms with van der Waals surface area (Å²) < 4.78 is 62.3. The zero-order chi connectivity index (χ0) is 15.8. The molecule has 0 unspecified atom stereocenters. The third-order valence-electron chi connectivity index (χ3n) is 3.19. The Bertz CT molecular complexity index is 625. The molecule has 0 saturated carbocycles. The van der Waals surface area contributed by atoms with Crippen molar-refractivity contribution in [2.24, 2.45) is 0 Å². The summed E-state index contributed by atoms with van der Waals surface area (Å²) in [5.41, 5.74) is 4.55. The van der Waals surface area contributed by atoms with Gasteiger partial charge in [0, 0.05) is 26.2 Å². The van der Waals surface area contributed by atoms with Gasteiger partial charge in [-0.2, -0.15) is 17.5 Å². The Labute approximate surface area is 120 Å². The molecule has 10 heteroatoms. The van der Waals surface area contributed by atoms with E-state index < -0.39 is 21.8 Å². The van der Waals surface area contributed by atoms with Crippen molar-refractivity contribution in [2.75, 3.05) is 43.1 Å². The van der Waals surface area contributed by atoms with Gasteiger partial charge in [-0.3, -0.25) is 0 Å². The van der Waals surface area contributed by atoms with Gasteiger partial charge >= 0.3 is 6.18 Å². The Morgan fingerprint density at radius 1 is 1.19 bits per heavy atom. The first-order valence-electron chi connectivity index (χ1n) is 6.12. The summed E-state index contributed by atoms with van der Waals surface area (Å²) in [6, 6.07) is 1.70. The minimum atomic E-state index is -4.50. The highest BCUT2D eigenvalue weighted by Gasteiger charge is 2.32. The largest absolute Gasteiger partial charge is 0.416 e. The Hall–Kier alpha value is -1.55. The number of nitrogens with zero attached hydrogens (tertiary/aromatic N) is 3. The average molecular weight is 324 g/mol. The molecule has 0 amide bonds. The van der Waals surface area contributed by atoms with Crippen LogP contribution in [0.5, 0.6) is 0 Å². The smallest absolute Gasteiger partial charge is 0.384 e. The van der Waals surface area contributed by atoms with Crippen molar-refractivity contribution in [2.45, 2.75) is 6.18 Å². The van der Waals surface area contributed by atoms with Gasteiger partial charge in [-0.1, -0.05) is 0 Å². The molecule has 6 nitrogen and oxygen atoms in total. The molecule has 1 aliphatic rings. The lowest BCUT2D eigenvalue weighted by molar-refractivity contribution is -0.137. The number of pyridine rings is 1. The third kappa shape index (κ3) is 3.76. The molecule has 1 saturated heterocycles. The fourth-order valence-electron chi connectivity index (χ4n) is 2.11. The minimum Gasteiger partial charge on any atom is -0.384 e. The summed E-state index contributed by atoms with van der Waals surface area (Å²) in [5.74, 6) is -0.110. The molecule has 2 heterocycles. The van der Waals surface area contributed by atoms with Gasteiger partial charge in [0.15, 0.2) is 0 Å². The van der Waals surface area contributed by atoms with Crippen molar-refractivity contribution in [3.05, 3.63) is 17.7 Å². The van der Waals surface area contributed by atoms with Gasteiger partial charge < -0.3 is 10.6 Å². The molecular formula is C11H15F3N4O2S. The van der Waals surface area contributed by atoms with Gasteiger partial charge in [0.05, 0.1) is 11.8 Å². The molecule has 0 atom stereocenters. The molecular weight excluding hydrogens is 309 g/mol. The van der Waals surface area contributed by atoms with E-state index in [1.54, 1.807) is 4.90 Å². The first kappa shape index (κ1) is 15.8. The number of rotatable bonds is 2. The van der Waals surface area contributed by atoms with E-state index in [2.05, 4.69) is 4.98 Å². The summed E-state index contributed by atoms with van der Waals surface area (Å²) in [5, 5.41) is 0. The highest BCUT2D eigenvalue weighted by atomic mass is 32.2. The lowest BCUT2D eigenvalue weighted by atomic mass is 10.2. The number of hydrogen-bond donors (Lipinski definition) is 1. The highest BCUT2D eigenvalue weighted by Crippen LogP contribution is 2.32. The van der Waals surface area contributed by atoms with Crippen LogP contribution in [0.15, 0.2) is 12.1 Å². The van der Waals surface area contributed by atoms with Crippen LogP contribution >= 0.6 is 0 Å². The van der Waals surface area contributed by atoms with Gasteiger partial charge in [-0.25, -0.2) is 13.4 Å². The van der Waals surface area contributed by atoms with E-state index in [0.717, 1.165) is 18.4 Å². The Balaban J connectivity index is 2.19. The van der Waals surface area contributed by atoms with Gasteiger partial charge in [0.1, 0.15) is 11.6 Å². The molecule has 1 aromatic rings. The van der Waals surface area contributed by atoms with Crippen molar-refractivity contribution in [1.29, 1.82) is 0 Å². The molecule has 1 aromatic heterocycles. The second kappa shape index (κ2) is 5.34. The van der Waals surface area contributed by atoms with E-state index in [9.17, 15) is 21.6 Å². The average Bonchev–Trinajstić information content (AvgIpc) is 2.36. The number of nitrogens with two attached hydrogens (primary N) is 1. The molecule has 0 spiro atoms. The first-order chi connectivity index (χ1) is 9.57. The second-order valence-corrected chi connectivity index (χ2v) is 6.77. The Morgan fingerprint density at radius 2 is 1.76 bits per heavy atom. The molecule has 2 N–H and O–H groups in total. The van der Waals surface area contributed by atoms with Crippen LogP contribution in [0.2, 0.25) is 0 Å². The fraction of sp³-hybridized carbons (Fsp3) is 0.545. The van der Waals surface area contributed by atoms with Crippen molar-refractivity contribution < 1.29 is 21.6 Å². The number of anilines is 2. The van der Waals surface area contributed by atoms with E-state index in [1.807, 2.05) is 0 Å². The summed E-state index contributed by atoms with van der Waals surface area (Å²) in [6.07, 6.45) is -3.40. The van der Waals surface area contributed by atoms with Crippen LogP contribution in [0.3, 0.4) is 0 Å². The van der Waals surface area contributed by atoms with Crippen LogP contribution < -0.4 is 10.6 Å². The lowest BCUT2D eigenvalue weighted by Gasteiger charge is -2.34. The maximum atomic E-state index is 12.7. The van der Waals surface area contributed by atoms with Crippen molar-refractivity contribution >= 4 is 21.7 Å². The number of alkyl halides is 3. The van der Waals surface area contributed by atoms with Crippen LogP contribution in [-0.4, -0.2) is 50.1 Å². The summed E-state index contributed by atoms with van der Waals surface area (Å²) in [4.78, 5) is 5.48. The van der Waals surface area contributed by atoms with E-state index >= 15 is 0 Å². The standard InChI is InChI=1S/C11H15F3N4O2S/c1-21(19,20)18-4-2-17(3-5-18)10-7-8(11(12,13)14)6-9(15)16-10/h6-7H,2-5H2,1H3,(H2,15,16). The van der Waals surface area contributed by atoms with E-state index in [4.69, 9.17) is 5.73 Å². The van der Waals surface area contributed by atoms with Crippen molar-refractivity contribution in [3.8, 4) is 0 Å². The molecule has 1 fully saturated rings. The molecule has 2 rings (SSSR count). The number of piperazine rings is 1. The zero-order valence-electron chi connectivity index (χ0n) is 11.3. The molecule has 0 aliphatic carbocycles. The number of aromatic nitrogens is 1. The monoisotopic (exact) mass is 324 g/mol. The lowest BCUT2D eigenvalue weighted by Crippen LogP contribution is -2.48. The van der Waals surface area contributed by atoms with E-state index in [-0.39, 0.29) is 37.8 Å². The molecule has 21 heavy (non-hydrogen) atoms. The van der Waals surface area contributed by atoms with Crippen molar-refractivity contribution in [1.82, 2.24) is 9.29 Å². The Morgan fingerprint density at radius 3 is 2.24 bits per heavy atom. The van der Waals surface area contributed by atoms with E-state index in [1.165, 1.54) is 4.31 Å². The van der Waals surface area contributed by atoms with Crippen LogP contribution in [0.4, 0.5) is 24.8 Å².